The number of carbonyl (C=O) groups excluding carboxylic acids is 1. The number of furan rings is 1. The summed E-state index contributed by atoms with van der Waals surface area (Å²) in [6.45, 7) is 1.68. The van der Waals surface area contributed by atoms with E-state index in [9.17, 15) is 4.79 Å². The molecule has 0 unspecified atom stereocenters. The number of carbonyl (C=O) groups is 1. The molecule has 0 aliphatic carbocycles. The second kappa shape index (κ2) is 3.91. The van der Waals surface area contributed by atoms with Gasteiger partial charge in [0, 0.05) is 6.42 Å². The molecule has 0 N–H and O–H groups in total. The molecule has 0 aliphatic rings. The van der Waals surface area contributed by atoms with Crippen molar-refractivity contribution in [1.29, 1.82) is 0 Å². The molecule has 78 valence electrons. The van der Waals surface area contributed by atoms with E-state index in [1.165, 1.54) is 6.26 Å². The fourth-order valence-corrected chi connectivity index (χ4v) is 0.951. The summed E-state index contributed by atoms with van der Waals surface area (Å²) < 4.78 is 5.08. The minimum Gasteiger partial charge on any atom is -0.461 e. The van der Waals surface area contributed by atoms with Gasteiger partial charge in [0.05, 0.1) is 6.26 Å². The highest BCUT2D eigenvalue weighted by molar-refractivity contribution is 5.69. The van der Waals surface area contributed by atoms with Gasteiger partial charge in [-0.25, -0.2) is 4.79 Å². The quantitative estimate of drug-likeness (QED) is 0.674. The van der Waals surface area contributed by atoms with Crippen molar-refractivity contribution in [3.8, 4) is 11.6 Å². The summed E-state index contributed by atoms with van der Waals surface area (Å²) in [4.78, 5) is 16.8. The minimum atomic E-state index is -0.421. The van der Waals surface area contributed by atoms with Crippen LogP contribution >= 0.6 is 0 Å². The summed E-state index contributed by atoms with van der Waals surface area (Å²) in [5.41, 5.74) is 0. The van der Waals surface area contributed by atoms with Crippen molar-refractivity contribution in [3.05, 3.63) is 18.4 Å². The average Bonchev–Trinajstić information content (AvgIpc) is 2.86. The lowest BCUT2D eigenvalue weighted by molar-refractivity contribution is -0.145. The van der Waals surface area contributed by atoms with Crippen LogP contribution in [0.2, 0.25) is 0 Å². The van der Waals surface area contributed by atoms with Crippen LogP contribution in [0.3, 0.4) is 0 Å². The zero-order valence-corrected chi connectivity index (χ0v) is 7.95. The molecule has 0 spiro atoms. The molecule has 0 amide bonds. The Bertz CT molecular complexity index is 448. The largest absolute Gasteiger partial charge is 0.461 e. The molecule has 0 saturated carbocycles. The minimum absolute atomic E-state index is 0.247. The number of tetrazole rings is 1. The maximum atomic E-state index is 11.0. The molecule has 0 fully saturated rings. The molecule has 2 heterocycles. The van der Waals surface area contributed by atoms with Crippen molar-refractivity contribution >= 4 is 5.97 Å². The van der Waals surface area contributed by atoms with E-state index in [1.807, 2.05) is 0 Å². The van der Waals surface area contributed by atoms with Gasteiger partial charge in [0.2, 0.25) is 0 Å². The Balaban J connectivity index is 2.27. The first-order chi connectivity index (χ1) is 7.31. The van der Waals surface area contributed by atoms with E-state index >= 15 is 0 Å². The first kappa shape index (κ1) is 9.38. The van der Waals surface area contributed by atoms with Crippen LogP contribution in [0.1, 0.15) is 13.3 Å². The van der Waals surface area contributed by atoms with Gasteiger partial charge in [-0.2, -0.15) is 0 Å². The Kier molecular flexibility index (Phi) is 2.44. The molecule has 0 radical (unpaired) electrons. The van der Waals surface area contributed by atoms with E-state index < -0.39 is 5.97 Å². The Morgan fingerprint density at radius 3 is 3.20 bits per heavy atom. The van der Waals surface area contributed by atoms with Crippen molar-refractivity contribution in [2.24, 2.45) is 0 Å². The normalized spacial score (nSPS) is 10.2. The Labute approximate surface area is 84.6 Å². The first-order valence-corrected chi connectivity index (χ1v) is 4.34. The van der Waals surface area contributed by atoms with Gasteiger partial charge in [-0.1, -0.05) is 6.92 Å². The van der Waals surface area contributed by atoms with Crippen molar-refractivity contribution in [3.63, 3.8) is 0 Å². The zero-order chi connectivity index (χ0) is 10.7. The van der Waals surface area contributed by atoms with E-state index in [2.05, 4.69) is 15.5 Å². The van der Waals surface area contributed by atoms with E-state index in [0.717, 1.165) is 4.85 Å². The lowest BCUT2D eigenvalue weighted by atomic mass is 10.4. The molecule has 0 bridgehead atoms. The summed E-state index contributed by atoms with van der Waals surface area (Å²) >= 11 is 0. The van der Waals surface area contributed by atoms with Crippen molar-refractivity contribution < 1.29 is 14.0 Å². The smallest absolute Gasteiger partial charge is 0.334 e. The van der Waals surface area contributed by atoms with E-state index in [0.29, 0.717) is 5.76 Å². The second-order valence-corrected chi connectivity index (χ2v) is 2.67. The SMILES string of the molecule is CCC(=O)On1nnnc1-c1ccco1. The van der Waals surface area contributed by atoms with Crippen molar-refractivity contribution in [2.75, 3.05) is 0 Å². The van der Waals surface area contributed by atoms with E-state index in [4.69, 9.17) is 9.25 Å². The molecule has 2 aromatic heterocycles. The predicted molar refractivity (Wildman–Crippen MR) is 47.4 cm³/mol. The molecule has 0 aromatic carbocycles. The molecular formula is C8H8N4O3. The predicted octanol–water partition coefficient (Wildman–Crippen LogP) is 0.298. The Morgan fingerprint density at radius 1 is 1.67 bits per heavy atom. The summed E-state index contributed by atoms with van der Waals surface area (Å²) in [6, 6.07) is 3.36. The first-order valence-electron chi connectivity index (χ1n) is 4.34. The topological polar surface area (TPSA) is 83.0 Å². The number of hydrogen-bond acceptors (Lipinski definition) is 6. The fraction of sp³-hybridized carbons (Fsp3) is 0.250. The van der Waals surface area contributed by atoms with Gasteiger partial charge in [0.15, 0.2) is 5.76 Å². The third-order valence-electron chi connectivity index (χ3n) is 1.66. The molecule has 2 rings (SSSR count). The highest BCUT2D eigenvalue weighted by Gasteiger charge is 2.14. The number of nitrogens with zero attached hydrogens (tertiary/aromatic N) is 4. The second-order valence-electron chi connectivity index (χ2n) is 2.67. The van der Waals surface area contributed by atoms with Crippen LogP contribution < -0.4 is 4.84 Å². The van der Waals surface area contributed by atoms with E-state index in [1.54, 1.807) is 19.1 Å². The van der Waals surface area contributed by atoms with Crippen LogP contribution in [0.15, 0.2) is 22.8 Å². The third-order valence-corrected chi connectivity index (χ3v) is 1.66. The van der Waals surface area contributed by atoms with Crippen LogP contribution in [-0.4, -0.2) is 26.3 Å². The number of aromatic nitrogens is 4. The summed E-state index contributed by atoms with van der Waals surface area (Å²) in [5.74, 6) is 0.265. The van der Waals surface area contributed by atoms with Crippen LogP contribution in [0, 0.1) is 0 Å². The molecule has 2 aromatic rings. The van der Waals surface area contributed by atoms with Gasteiger partial charge in [0.25, 0.3) is 5.82 Å². The molecule has 7 heteroatoms. The van der Waals surface area contributed by atoms with E-state index in [-0.39, 0.29) is 12.2 Å². The number of hydrogen-bond donors (Lipinski definition) is 0. The average molecular weight is 208 g/mol. The Morgan fingerprint density at radius 2 is 2.53 bits per heavy atom. The van der Waals surface area contributed by atoms with Crippen LogP contribution in [0.4, 0.5) is 0 Å². The third kappa shape index (κ3) is 1.85. The van der Waals surface area contributed by atoms with Crippen LogP contribution in [0.25, 0.3) is 11.6 Å². The summed E-state index contributed by atoms with van der Waals surface area (Å²) in [7, 11) is 0. The molecule has 7 nitrogen and oxygen atoms in total. The summed E-state index contributed by atoms with van der Waals surface area (Å²) in [5, 5.41) is 10.6. The lowest BCUT2D eigenvalue weighted by Gasteiger charge is -2.00. The van der Waals surface area contributed by atoms with Gasteiger partial charge in [-0.3, -0.25) is 0 Å². The molecular weight excluding hydrogens is 200 g/mol. The van der Waals surface area contributed by atoms with Gasteiger partial charge in [-0.15, -0.1) is 5.10 Å². The standard InChI is InChI=1S/C8H8N4O3/c1-2-7(13)15-12-8(9-10-11-12)6-4-3-5-14-6/h3-5H,2H2,1H3. The maximum absolute atomic E-state index is 11.0. The number of rotatable bonds is 3. The van der Waals surface area contributed by atoms with Crippen molar-refractivity contribution in [1.82, 2.24) is 20.4 Å². The zero-order valence-electron chi connectivity index (χ0n) is 7.95. The van der Waals surface area contributed by atoms with Gasteiger partial charge < -0.3 is 9.25 Å². The molecule has 0 atom stereocenters. The highest BCUT2D eigenvalue weighted by Crippen LogP contribution is 2.14. The van der Waals surface area contributed by atoms with Gasteiger partial charge in [-0.05, 0) is 27.4 Å². The lowest BCUT2D eigenvalue weighted by Crippen LogP contribution is -2.20. The highest BCUT2D eigenvalue weighted by atomic mass is 16.7. The van der Waals surface area contributed by atoms with Gasteiger partial charge in [0.1, 0.15) is 0 Å². The monoisotopic (exact) mass is 208 g/mol. The molecule has 0 saturated heterocycles. The molecule has 15 heavy (non-hydrogen) atoms. The summed E-state index contributed by atoms with van der Waals surface area (Å²) in [6.07, 6.45) is 1.73. The Hall–Kier alpha value is -2.18. The van der Waals surface area contributed by atoms with Crippen LogP contribution in [0.5, 0.6) is 0 Å². The fourth-order valence-electron chi connectivity index (χ4n) is 0.951. The van der Waals surface area contributed by atoms with Crippen molar-refractivity contribution in [2.45, 2.75) is 13.3 Å². The van der Waals surface area contributed by atoms with Gasteiger partial charge >= 0.3 is 5.97 Å². The maximum Gasteiger partial charge on any atom is 0.334 e. The molecule has 0 aliphatic heterocycles. The van der Waals surface area contributed by atoms with Crippen LogP contribution in [-0.2, 0) is 4.79 Å².